The Labute approximate surface area is 182 Å². The highest BCUT2D eigenvalue weighted by molar-refractivity contribution is 6.08. The van der Waals surface area contributed by atoms with Crippen molar-refractivity contribution >= 4 is 27.8 Å². The van der Waals surface area contributed by atoms with Gasteiger partial charge in [-0.15, -0.1) is 0 Å². The lowest BCUT2D eigenvalue weighted by atomic mass is 10.1. The highest BCUT2D eigenvalue weighted by Gasteiger charge is 2.13. The molecule has 0 aliphatic carbocycles. The molecule has 0 amide bonds. The van der Waals surface area contributed by atoms with Crippen molar-refractivity contribution in [3.8, 4) is 11.5 Å². The van der Waals surface area contributed by atoms with Gasteiger partial charge in [-0.1, -0.05) is 35.9 Å². The van der Waals surface area contributed by atoms with Gasteiger partial charge in [0.05, 0.1) is 24.2 Å². The van der Waals surface area contributed by atoms with E-state index in [0.717, 1.165) is 52.6 Å². The Morgan fingerprint density at radius 1 is 0.774 bits per heavy atom. The monoisotopic (exact) mass is 417 g/mol. The number of hydrogen-bond donors (Lipinski definition) is 0. The summed E-state index contributed by atoms with van der Waals surface area (Å²) in [5.74, 6) is 1.32. The summed E-state index contributed by atoms with van der Waals surface area (Å²) < 4.78 is 13.3. The van der Waals surface area contributed by atoms with Crippen molar-refractivity contribution in [3.05, 3.63) is 72.3 Å². The van der Waals surface area contributed by atoms with Gasteiger partial charge in [-0.25, -0.2) is 4.79 Å². The van der Waals surface area contributed by atoms with E-state index >= 15 is 0 Å². The molecule has 160 valence electrons. The van der Waals surface area contributed by atoms with Gasteiger partial charge in [0.25, 0.3) is 0 Å². The number of benzene rings is 3. The fourth-order valence-corrected chi connectivity index (χ4v) is 3.63. The first-order valence-corrected chi connectivity index (χ1v) is 10.7. The maximum absolute atomic E-state index is 11.6. The fourth-order valence-electron chi connectivity index (χ4n) is 3.63. The summed E-state index contributed by atoms with van der Waals surface area (Å²) in [6, 6.07) is 21.9. The second-order valence-electron chi connectivity index (χ2n) is 7.64. The maximum atomic E-state index is 11.6. The van der Waals surface area contributed by atoms with Gasteiger partial charge in [-0.05, 0) is 56.5 Å². The van der Waals surface area contributed by atoms with Crippen molar-refractivity contribution in [2.75, 3.05) is 13.2 Å². The van der Waals surface area contributed by atoms with Crippen molar-refractivity contribution < 1.29 is 19.1 Å². The van der Waals surface area contributed by atoms with Crippen LogP contribution in [-0.2, 0) is 4.79 Å². The minimum absolute atomic E-state index is 0.359. The van der Waals surface area contributed by atoms with E-state index in [0.29, 0.717) is 13.2 Å². The molecular formula is C26H27NO4. The van der Waals surface area contributed by atoms with E-state index in [1.807, 2.05) is 54.6 Å². The molecule has 4 aromatic rings. The molecule has 0 bridgehead atoms. The summed E-state index contributed by atoms with van der Waals surface area (Å²) in [6.07, 6.45) is 2.96. The van der Waals surface area contributed by atoms with Crippen molar-refractivity contribution in [2.24, 2.45) is 0 Å². The minimum Gasteiger partial charge on any atom is -0.494 e. The van der Waals surface area contributed by atoms with Crippen LogP contribution >= 0.6 is 0 Å². The van der Waals surface area contributed by atoms with Crippen LogP contribution in [0.4, 0.5) is 0 Å². The molecule has 1 aromatic heterocycles. The van der Waals surface area contributed by atoms with Crippen LogP contribution in [0.15, 0.2) is 66.7 Å². The summed E-state index contributed by atoms with van der Waals surface area (Å²) >= 11 is 0. The van der Waals surface area contributed by atoms with Gasteiger partial charge in [0.1, 0.15) is 11.5 Å². The van der Waals surface area contributed by atoms with E-state index in [1.54, 1.807) is 4.73 Å². The van der Waals surface area contributed by atoms with Crippen LogP contribution in [-0.4, -0.2) is 23.9 Å². The number of nitrogens with zero attached hydrogens (tertiary/aromatic N) is 1. The van der Waals surface area contributed by atoms with Gasteiger partial charge in [0.2, 0.25) is 0 Å². The molecule has 0 unspecified atom stereocenters. The highest BCUT2D eigenvalue weighted by atomic mass is 16.7. The molecule has 0 fully saturated rings. The van der Waals surface area contributed by atoms with Crippen LogP contribution in [0.25, 0.3) is 21.8 Å². The standard InChI is InChI=1S/C26H27NO4/c1-19-10-12-21(13-11-19)29-16-6-3-7-17-30-22-14-15-24-23-8-4-5-9-25(23)27(26(24)18-22)31-20(2)28/h4-5,8-15,18H,3,6-7,16-17H2,1-2H3. The van der Waals surface area contributed by atoms with Crippen molar-refractivity contribution in [1.82, 2.24) is 4.73 Å². The fraction of sp³-hybridized carbons (Fsp3) is 0.269. The maximum Gasteiger partial charge on any atom is 0.329 e. The van der Waals surface area contributed by atoms with Gasteiger partial charge < -0.3 is 14.3 Å². The minimum atomic E-state index is -0.359. The van der Waals surface area contributed by atoms with Crippen molar-refractivity contribution in [3.63, 3.8) is 0 Å². The number of fused-ring (bicyclic) bond motifs is 3. The lowest BCUT2D eigenvalue weighted by Gasteiger charge is -2.09. The molecule has 4 rings (SSSR count). The molecule has 0 radical (unpaired) electrons. The van der Waals surface area contributed by atoms with Gasteiger partial charge in [-0.2, -0.15) is 4.73 Å². The van der Waals surface area contributed by atoms with Crippen LogP contribution in [0.5, 0.6) is 11.5 Å². The average Bonchev–Trinajstić information content (AvgIpc) is 3.07. The first kappa shape index (κ1) is 20.8. The zero-order valence-electron chi connectivity index (χ0n) is 18.0. The van der Waals surface area contributed by atoms with E-state index in [-0.39, 0.29) is 5.97 Å². The summed E-state index contributed by atoms with van der Waals surface area (Å²) in [5, 5.41) is 2.07. The lowest BCUT2D eigenvalue weighted by Crippen LogP contribution is -2.15. The normalized spacial score (nSPS) is 11.0. The number of unbranched alkanes of at least 4 members (excludes halogenated alkanes) is 2. The van der Waals surface area contributed by atoms with E-state index in [1.165, 1.54) is 12.5 Å². The second-order valence-corrected chi connectivity index (χ2v) is 7.64. The van der Waals surface area contributed by atoms with Crippen molar-refractivity contribution in [2.45, 2.75) is 33.1 Å². The third kappa shape index (κ3) is 5.00. The van der Waals surface area contributed by atoms with E-state index in [4.69, 9.17) is 14.3 Å². The third-order valence-electron chi connectivity index (χ3n) is 5.17. The summed E-state index contributed by atoms with van der Waals surface area (Å²) in [5.41, 5.74) is 2.91. The number of aromatic nitrogens is 1. The van der Waals surface area contributed by atoms with Crippen LogP contribution in [0.3, 0.4) is 0 Å². The molecule has 0 N–H and O–H groups in total. The number of rotatable bonds is 9. The quantitative estimate of drug-likeness (QED) is 0.328. The number of carbonyl (C=O) groups is 1. The second kappa shape index (κ2) is 9.56. The number of aryl methyl sites for hydroxylation is 1. The Balaban J connectivity index is 1.32. The topological polar surface area (TPSA) is 49.7 Å². The first-order chi connectivity index (χ1) is 15.1. The van der Waals surface area contributed by atoms with Gasteiger partial charge >= 0.3 is 5.97 Å². The van der Waals surface area contributed by atoms with E-state index in [2.05, 4.69) is 19.1 Å². The molecule has 0 aliphatic rings. The Hall–Kier alpha value is -3.47. The zero-order chi connectivity index (χ0) is 21.6. The van der Waals surface area contributed by atoms with Crippen LogP contribution in [0.1, 0.15) is 31.7 Å². The smallest absolute Gasteiger partial charge is 0.329 e. The number of para-hydroxylation sites is 1. The Morgan fingerprint density at radius 3 is 2.16 bits per heavy atom. The molecule has 0 aliphatic heterocycles. The highest BCUT2D eigenvalue weighted by Crippen LogP contribution is 2.31. The number of carbonyl (C=O) groups excluding carboxylic acids is 1. The van der Waals surface area contributed by atoms with E-state index < -0.39 is 0 Å². The number of ether oxygens (including phenoxy) is 2. The zero-order valence-corrected chi connectivity index (χ0v) is 18.0. The molecule has 0 spiro atoms. The molecule has 0 saturated heterocycles. The molecule has 5 heteroatoms. The Kier molecular flexibility index (Phi) is 6.41. The summed E-state index contributed by atoms with van der Waals surface area (Å²) in [7, 11) is 0. The van der Waals surface area contributed by atoms with Gasteiger partial charge in [0.15, 0.2) is 0 Å². The molecule has 31 heavy (non-hydrogen) atoms. The predicted molar refractivity (Wildman–Crippen MR) is 123 cm³/mol. The molecule has 0 atom stereocenters. The third-order valence-corrected chi connectivity index (χ3v) is 5.17. The SMILES string of the molecule is CC(=O)On1c2ccccc2c2ccc(OCCCCCOc3ccc(C)cc3)cc21. The Bertz CT molecular complexity index is 1180. The van der Waals surface area contributed by atoms with Gasteiger partial charge in [0, 0.05) is 23.8 Å². The average molecular weight is 418 g/mol. The van der Waals surface area contributed by atoms with Crippen LogP contribution < -0.4 is 14.3 Å². The molecule has 0 saturated carbocycles. The largest absolute Gasteiger partial charge is 0.494 e. The van der Waals surface area contributed by atoms with Crippen LogP contribution in [0.2, 0.25) is 0 Å². The predicted octanol–water partition coefficient (Wildman–Crippen LogP) is 5.71. The van der Waals surface area contributed by atoms with Crippen LogP contribution in [0, 0.1) is 6.92 Å². The molecule has 5 nitrogen and oxygen atoms in total. The summed E-state index contributed by atoms with van der Waals surface area (Å²) in [6.45, 7) is 4.81. The summed E-state index contributed by atoms with van der Waals surface area (Å²) in [4.78, 5) is 17.1. The van der Waals surface area contributed by atoms with E-state index in [9.17, 15) is 4.79 Å². The first-order valence-electron chi connectivity index (χ1n) is 10.7. The molecule has 1 heterocycles. The van der Waals surface area contributed by atoms with Gasteiger partial charge in [-0.3, -0.25) is 0 Å². The molecular weight excluding hydrogens is 390 g/mol. The number of hydrogen-bond acceptors (Lipinski definition) is 4. The lowest BCUT2D eigenvalue weighted by molar-refractivity contribution is -0.140. The van der Waals surface area contributed by atoms with Crippen molar-refractivity contribution in [1.29, 1.82) is 0 Å². The Morgan fingerprint density at radius 2 is 1.42 bits per heavy atom. The molecule has 3 aromatic carbocycles.